The van der Waals surface area contributed by atoms with Gasteiger partial charge in [0.25, 0.3) is 0 Å². The Morgan fingerprint density at radius 2 is 0.649 bits per heavy atom. The molecule has 3 heterocycles. The molecule has 57 heavy (non-hydrogen) atoms. The molecule has 0 unspecified atom stereocenters. The number of rotatable bonds is 3. The molecule has 0 aliphatic carbocycles. The summed E-state index contributed by atoms with van der Waals surface area (Å²) >= 11 is 0. The molecule has 0 N–H and O–H groups in total. The normalized spacial score (nSPS) is 12.2. The topological polar surface area (TPSA) is 23.0 Å². The molecule has 0 fully saturated rings. The number of para-hydroxylation sites is 3. The highest BCUT2D eigenvalue weighted by Crippen LogP contribution is 2.41. The van der Waals surface area contributed by atoms with Crippen LogP contribution in [0.25, 0.3) is 120 Å². The quantitative estimate of drug-likeness (QED) is 0.166. The maximum atomic E-state index is 6.32. The number of fused-ring (bicyclic) bond motifs is 15. The first-order valence-corrected chi connectivity index (χ1v) is 19.6. The van der Waals surface area contributed by atoms with E-state index in [1.54, 1.807) is 0 Å². The van der Waals surface area contributed by atoms with E-state index in [0.717, 1.165) is 33.3 Å². The summed E-state index contributed by atoms with van der Waals surface area (Å²) in [4.78, 5) is 0. The highest BCUT2D eigenvalue weighted by atomic mass is 16.3. The number of hydrogen-bond donors (Lipinski definition) is 0. The van der Waals surface area contributed by atoms with E-state index in [1.807, 2.05) is 12.1 Å². The van der Waals surface area contributed by atoms with E-state index in [1.165, 1.54) is 87.1 Å². The zero-order valence-electron chi connectivity index (χ0n) is 30.8. The summed E-state index contributed by atoms with van der Waals surface area (Å²) in [7, 11) is 0. The van der Waals surface area contributed by atoms with Crippen molar-refractivity contribution in [2.45, 2.75) is 0 Å². The van der Waals surface area contributed by atoms with Crippen LogP contribution in [0, 0.1) is 0 Å². The summed E-state index contributed by atoms with van der Waals surface area (Å²) in [5.74, 6) is 0. The Hall–Kier alpha value is -7.62. The van der Waals surface area contributed by atoms with Gasteiger partial charge < -0.3 is 13.6 Å². The van der Waals surface area contributed by atoms with E-state index in [4.69, 9.17) is 4.42 Å². The molecule has 0 spiro atoms. The Bertz CT molecular complexity index is 3780. The number of benzene rings is 10. The molecule has 0 bridgehead atoms. The van der Waals surface area contributed by atoms with Gasteiger partial charge in [-0.3, -0.25) is 0 Å². The van der Waals surface area contributed by atoms with Gasteiger partial charge in [-0.15, -0.1) is 0 Å². The van der Waals surface area contributed by atoms with Gasteiger partial charge in [-0.25, -0.2) is 0 Å². The van der Waals surface area contributed by atoms with Crippen LogP contribution in [0.3, 0.4) is 0 Å². The van der Waals surface area contributed by atoms with Crippen LogP contribution in [0.15, 0.2) is 199 Å². The first kappa shape index (κ1) is 30.7. The van der Waals surface area contributed by atoms with Crippen molar-refractivity contribution in [1.29, 1.82) is 0 Å². The Labute approximate surface area is 326 Å². The fourth-order valence-electron chi connectivity index (χ4n) is 9.75. The molecule has 0 saturated heterocycles. The van der Waals surface area contributed by atoms with Crippen molar-refractivity contribution < 1.29 is 4.42 Å². The maximum Gasteiger partial charge on any atom is 0.137 e. The summed E-state index contributed by atoms with van der Waals surface area (Å²) < 4.78 is 11.1. The van der Waals surface area contributed by atoms with Crippen LogP contribution in [0.4, 0.5) is 0 Å². The summed E-state index contributed by atoms with van der Waals surface area (Å²) in [6.45, 7) is 0. The molecule has 3 nitrogen and oxygen atoms in total. The zero-order chi connectivity index (χ0) is 37.2. The molecule has 0 saturated carbocycles. The van der Waals surface area contributed by atoms with Gasteiger partial charge in [0.1, 0.15) is 11.2 Å². The van der Waals surface area contributed by atoms with Crippen LogP contribution in [-0.4, -0.2) is 9.13 Å². The Balaban J connectivity index is 0.983. The third-order valence-corrected chi connectivity index (χ3v) is 12.3. The minimum atomic E-state index is 0.897. The summed E-state index contributed by atoms with van der Waals surface area (Å²) in [5, 5.41) is 14.9. The third-order valence-electron chi connectivity index (χ3n) is 12.3. The van der Waals surface area contributed by atoms with Gasteiger partial charge in [0.15, 0.2) is 0 Å². The van der Waals surface area contributed by atoms with Gasteiger partial charge in [0.05, 0.1) is 22.1 Å². The molecule has 264 valence electrons. The van der Waals surface area contributed by atoms with Crippen molar-refractivity contribution in [3.05, 3.63) is 194 Å². The van der Waals surface area contributed by atoms with E-state index in [0.29, 0.717) is 0 Å². The average molecular weight is 725 g/mol. The Morgan fingerprint density at radius 1 is 0.246 bits per heavy atom. The highest BCUT2D eigenvalue weighted by molar-refractivity contribution is 6.26. The summed E-state index contributed by atoms with van der Waals surface area (Å²) in [5.41, 5.74) is 11.2. The van der Waals surface area contributed by atoms with Gasteiger partial charge in [-0.1, -0.05) is 121 Å². The molecule has 0 radical (unpaired) electrons. The van der Waals surface area contributed by atoms with E-state index in [9.17, 15) is 0 Å². The smallest absolute Gasteiger partial charge is 0.137 e. The zero-order valence-corrected chi connectivity index (χ0v) is 30.8. The summed E-state index contributed by atoms with van der Waals surface area (Å²) in [6, 6.07) is 70.9. The lowest BCUT2D eigenvalue weighted by Gasteiger charge is -2.14. The van der Waals surface area contributed by atoms with Gasteiger partial charge >= 0.3 is 0 Å². The number of aromatic nitrogens is 2. The van der Waals surface area contributed by atoms with E-state index < -0.39 is 0 Å². The molecule has 13 aromatic rings. The van der Waals surface area contributed by atoms with Crippen molar-refractivity contribution >= 4 is 97.9 Å². The van der Waals surface area contributed by atoms with Gasteiger partial charge in [0, 0.05) is 49.8 Å². The Morgan fingerprint density at radius 3 is 1.23 bits per heavy atom. The molecular formula is C54H32N2O. The molecule has 3 aromatic heterocycles. The molecule has 3 heteroatoms. The minimum absolute atomic E-state index is 0.897. The number of hydrogen-bond acceptors (Lipinski definition) is 1. The number of nitrogens with zero attached hydrogens (tertiary/aromatic N) is 2. The molecule has 0 atom stereocenters. The van der Waals surface area contributed by atoms with Crippen molar-refractivity contribution in [3.8, 4) is 22.5 Å². The fourth-order valence-corrected chi connectivity index (χ4v) is 9.75. The van der Waals surface area contributed by atoms with Gasteiger partial charge in [-0.2, -0.15) is 0 Å². The SMILES string of the molecule is c1ccc2c(c1)oc1cc(-n3c4ccccc4c4cc(-c5ccc6c(c5)c5ccccc5n6-c5ccc6c7ccccc7c7ccccc7c6c5)ccc43)ccc12. The minimum Gasteiger partial charge on any atom is -0.456 e. The number of furan rings is 1. The third kappa shape index (κ3) is 4.31. The van der Waals surface area contributed by atoms with Crippen LogP contribution < -0.4 is 0 Å². The van der Waals surface area contributed by atoms with Gasteiger partial charge in [-0.05, 0) is 110 Å². The lowest BCUT2D eigenvalue weighted by Crippen LogP contribution is -1.94. The van der Waals surface area contributed by atoms with E-state index in [2.05, 4.69) is 191 Å². The standard InChI is InChI=1S/C54H32N2O/c1-2-13-39-37(11-1)38-12-3-4-14-40(38)46-31-35(23-25-41(39)46)55-49-18-8-5-15-42(49)47-29-33(21-27-51(47)55)34-22-28-52-48(30-34)43-16-6-9-19-50(43)56(52)36-24-26-45-44-17-7-10-20-53(44)57-54(45)32-36/h1-32H. The largest absolute Gasteiger partial charge is 0.456 e. The molecule has 0 aliphatic heterocycles. The van der Waals surface area contributed by atoms with Crippen LogP contribution in [0.1, 0.15) is 0 Å². The molecule has 0 aliphatic rings. The second-order valence-electron chi connectivity index (χ2n) is 15.3. The van der Waals surface area contributed by atoms with Crippen molar-refractivity contribution in [1.82, 2.24) is 9.13 Å². The summed E-state index contributed by atoms with van der Waals surface area (Å²) in [6.07, 6.45) is 0. The maximum absolute atomic E-state index is 6.32. The lowest BCUT2D eigenvalue weighted by molar-refractivity contribution is 0.668. The van der Waals surface area contributed by atoms with Crippen LogP contribution in [-0.2, 0) is 0 Å². The van der Waals surface area contributed by atoms with Crippen molar-refractivity contribution in [2.24, 2.45) is 0 Å². The van der Waals surface area contributed by atoms with E-state index >= 15 is 0 Å². The first-order chi connectivity index (χ1) is 28.3. The van der Waals surface area contributed by atoms with Crippen molar-refractivity contribution in [3.63, 3.8) is 0 Å². The second kappa shape index (κ2) is 11.5. The Kier molecular flexibility index (Phi) is 6.16. The molecule has 0 amide bonds. The fraction of sp³-hybridized carbons (Fsp3) is 0. The second-order valence-corrected chi connectivity index (χ2v) is 15.3. The lowest BCUT2D eigenvalue weighted by atomic mass is 9.94. The predicted molar refractivity (Wildman–Crippen MR) is 240 cm³/mol. The van der Waals surface area contributed by atoms with Crippen molar-refractivity contribution in [2.75, 3.05) is 0 Å². The van der Waals surface area contributed by atoms with E-state index in [-0.39, 0.29) is 0 Å². The predicted octanol–water partition coefficient (Wildman–Crippen LogP) is 14.9. The van der Waals surface area contributed by atoms with Crippen LogP contribution >= 0.6 is 0 Å². The molecular weight excluding hydrogens is 693 g/mol. The first-order valence-electron chi connectivity index (χ1n) is 19.6. The highest BCUT2D eigenvalue weighted by Gasteiger charge is 2.18. The van der Waals surface area contributed by atoms with Crippen LogP contribution in [0.2, 0.25) is 0 Å². The molecule has 13 rings (SSSR count). The monoisotopic (exact) mass is 724 g/mol. The molecule has 10 aromatic carbocycles. The van der Waals surface area contributed by atoms with Gasteiger partial charge in [0.2, 0.25) is 0 Å². The van der Waals surface area contributed by atoms with Crippen LogP contribution in [0.5, 0.6) is 0 Å². The average Bonchev–Trinajstić information content (AvgIpc) is 3.93.